The maximum absolute atomic E-state index is 12.2. The SMILES string of the molecule is CC(C)C[C@@H](NS(=O)(=O)c1ccc(C#N)cc1Cl)C(=O)O. The highest BCUT2D eigenvalue weighted by Crippen LogP contribution is 2.23. The molecule has 0 heterocycles. The molecule has 0 amide bonds. The predicted molar refractivity (Wildman–Crippen MR) is 77.4 cm³/mol. The molecule has 8 heteroatoms. The van der Waals surface area contributed by atoms with E-state index >= 15 is 0 Å². The Morgan fingerprint density at radius 3 is 2.52 bits per heavy atom. The topological polar surface area (TPSA) is 107 Å². The molecule has 0 fully saturated rings. The minimum Gasteiger partial charge on any atom is -0.480 e. The number of aliphatic carboxylic acids is 1. The maximum atomic E-state index is 12.2. The summed E-state index contributed by atoms with van der Waals surface area (Å²) < 4.78 is 26.5. The fourth-order valence-electron chi connectivity index (χ4n) is 1.71. The van der Waals surface area contributed by atoms with Gasteiger partial charge in [-0.25, -0.2) is 8.42 Å². The second-order valence-electron chi connectivity index (χ2n) is 4.90. The number of benzene rings is 1. The first kappa shape index (κ1) is 17.4. The average molecular weight is 331 g/mol. The molecule has 1 aromatic carbocycles. The summed E-state index contributed by atoms with van der Waals surface area (Å²) in [5, 5.41) is 17.7. The Balaban J connectivity index is 3.11. The Morgan fingerprint density at radius 1 is 1.48 bits per heavy atom. The second kappa shape index (κ2) is 6.89. The molecule has 0 aromatic heterocycles. The summed E-state index contributed by atoms with van der Waals surface area (Å²) in [4.78, 5) is 10.9. The van der Waals surface area contributed by atoms with Gasteiger partial charge in [0, 0.05) is 0 Å². The molecule has 1 rings (SSSR count). The van der Waals surface area contributed by atoms with Gasteiger partial charge in [-0.15, -0.1) is 0 Å². The summed E-state index contributed by atoms with van der Waals surface area (Å²) >= 11 is 5.84. The van der Waals surface area contributed by atoms with Crippen LogP contribution in [0.1, 0.15) is 25.8 Å². The van der Waals surface area contributed by atoms with Gasteiger partial charge < -0.3 is 5.11 Å². The summed E-state index contributed by atoms with van der Waals surface area (Å²) in [6, 6.07) is 4.30. The van der Waals surface area contributed by atoms with Crippen LogP contribution in [0, 0.1) is 17.2 Å². The van der Waals surface area contributed by atoms with Gasteiger partial charge in [-0.1, -0.05) is 25.4 Å². The number of hydrogen-bond acceptors (Lipinski definition) is 4. The Morgan fingerprint density at radius 2 is 2.10 bits per heavy atom. The van der Waals surface area contributed by atoms with E-state index in [-0.39, 0.29) is 27.8 Å². The van der Waals surface area contributed by atoms with Gasteiger partial charge in [-0.2, -0.15) is 9.98 Å². The van der Waals surface area contributed by atoms with Crippen LogP contribution in [0.2, 0.25) is 5.02 Å². The fourth-order valence-corrected chi connectivity index (χ4v) is 3.46. The van der Waals surface area contributed by atoms with Gasteiger partial charge in [0.05, 0.1) is 16.7 Å². The molecule has 0 bridgehead atoms. The van der Waals surface area contributed by atoms with Crippen LogP contribution in [0.4, 0.5) is 0 Å². The van der Waals surface area contributed by atoms with E-state index in [0.29, 0.717) is 0 Å². The lowest BCUT2D eigenvalue weighted by atomic mass is 10.1. The summed E-state index contributed by atoms with van der Waals surface area (Å²) in [7, 11) is -4.08. The molecule has 0 aliphatic heterocycles. The first-order valence-electron chi connectivity index (χ1n) is 6.12. The Labute approximate surface area is 128 Å². The van der Waals surface area contributed by atoms with Gasteiger partial charge in [-0.05, 0) is 30.5 Å². The highest BCUT2D eigenvalue weighted by atomic mass is 35.5. The molecule has 1 atom stereocenters. The van der Waals surface area contributed by atoms with E-state index in [1.54, 1.807) is 13.8 Å². The molecule has 0 saturated heterocycles. The molecule has 0 radical (unpaired) electrons. The average Bonchev–Trinajstić information content (AvgIpc) is 2.36. The van der Waals surface area contributed by atoms with Crippen molar-refractivity contribution in [2.75, 3.05) is 0 Å². The lowest BCUT2D eigenvalue weighted by Gasteiger charge is -2.17. The fraction of sp³-hybridized carbons (Fsp3) is 0.385. The minimum atomic E-state index is -4.08. The van der Waals surface area contributed by atoms with E-state index < -0.39 is 22.0 Å². The van der Waals surface area contributed by atoms with E-state index in [4.69, 9.17) is 22.0 Å². The van der Waals surface area contributed by atoms with Crippen molar-refractivity contribution in [3.05, 3.63) is 28.8 Å². The van der Waals surface area contributed by atoms with Crippen molar-refractivity contribution >= 4 is 27.6 Å². The molecule has 114 valence electrons. The number of nitrogens with zero attached hydrogens (tertiary/aromatic N) is 1. The van der Waals surface area contributed by atoms with Crippen LogP contribution in [0.5, 0.6) is 0 Å². The van der Waals surface area contributed by atoms with Gasteiger partial charge in [0.1, 0.15) is 10.9 Å². The number of halogens is 1. The predicted octanol–water partition coefficient (Wildman–Crippen LogP) is 1.99. The van der Waals surface area contributed by atoms with E-state index in [2.05, 4.69) is 4.72 Å². The number of sulfonamides is 1. The number of nitriles is 1. The normalized spacial score (nSPS) is 12.9. The smallest absolute Gasteiger partial charge is 0.321 e. The Hall–Kier alpha value is -1.62. The number of carboxylic acids is 1. The van der Waals surface area contributed by atoms with Crippen LogP contribution in [-0.4, -0.2) is 25.5 Å². The van der Waals surface area contributed by atoms with Gasteiger partial charge in [0.15, 0.2) is 0 Å². The maximum Gasteiger partial charge on any atom is 0.321 e. The number of carboxylic acid groups (broad SMARTS) is 1. The third-order valence-corrected chi connectivity index (χ3v) is 4.61. The van der Waals surface area contributed by atoms with Crippen molar-refractivity contribution in [1.29, 1.82) is 5.26 Å². The van der Waals surface area contributed by atoms with Gasteiger partial charge in [-0.3, -0.25) is 4.79 Å². The third-order valence-electron chi connectivity index (χ3n) is 2.65. The van der Waals surface area contributed by atoms with Crippen LogP contribution in [0.3, 0.4) is 0 Å². The van der Waals surface area contributed by atoms with E-state index in [1.165, 1.54) is 18.2 Å². The van der Waals surface area contributed by atoms with Gasteiger partial charge in [0.25, 0.3) is 0 Å². The molecule has 0 aliphatic carbocycles. The molecule has 0 aliphatic rings. The molecule has 2 N–H and O–H groups in total. The van der Waals surface area contributed by atoms with Crippen molar-refractivity contribution in [3.63, 3.8) is 0 Å². The van der Waals surface area contributed by atoms with Crippen molar-refractivity contribution in [1.82, 2.24) is 4.72 Å². The zero-order valence-corrected chi connectivity index (χ0v) is 13.1. The van der Waals surface area contributed by atoms with E-state index in [0.717, 1.165) is 0 Å². The van der Waals surface area contributed by atoms with Crippen molar-refractivity contribution in [3.8, 4) is 6.07 Å². The number of carbonyl (C=O) groups is 1. The second-order valence-corrected chi connectivity index (χ2v) is 6.99. The molecule has 21 heavy (non-hydrogen) atoms. The summed E-state index contributed by atoms with van der Waals surface area (Å²) in [6.07, 6.45) is 0.155. The Kier molecular flexibility index (Phi) is 5.72. The lowest BCUT2D eigenvalue weighted by Crippen LogP contribution is -2.41. The van der Waals surface area contributed by atoms with E-state index in [9.17, 15) is 13.2 Å². The van der Waals surface area contributed by atoms with Crippen molar-refractivity contribution < 1.29 is 18.3 Å². The van der Waals surface area contributed by atoms with Crippen LogP contribution >= 0.6 is 11.6 Å². The van der Waals surface area contributed by atoms with Gasteiger partial charge >= 0.3 is 5.97 Å². The molecule has 0 unspecified atom stereocenters. The van der Waals surface area contributed by atoms with Crippen LogP contribution in [-0.2, 0) is 14.8 Å². The number of hydrogen-bond donors (Lipinski definition) is 2. The highest BCUT2D eigenvalue weighted by molar-refractivity contribution is 7.89. The van der Waals surface area contributed by atoms with Crippen molar-refractivity contribution in [2.45, 2.75) is 31.2 Å². The van der Waals surface area contributed by atoms with Crippen LogP contribution in [0.15, 0.2) is 23.1 Å². The molecule has 6 nitrogen and oxygen atoms in total. The first-order chi connectivity index (χ1) is 9.67. The summed E-state index contributed by atoms with van der Waals surface area (Å²) in [5.41, 5.74) is 0.218. The minimum absolute atomic E-state index is 0.00485. The van der Waals surface area contributed by atoms with Crippen molar-refractivity contribution in [2.24, 2.45) is 5.92 Å². The monoisotopic (exact) mass is 330 g/mol. The summed E-state index contributed by atoms with van der Waals surface area (Å²) in [6.45, 7) is 3.58. The molecular formula is C13H15ClN2O4S. The molecule has 1 aromatic rings. The quantitative estimate of drug-likeness (QED) is 0.829. The standard InChI is InChI=1S/C13H15ClN2O4S/c1-8(2)5-11(13(17)18)16-21(19,20)12-4-3-9(7-15)6-10(12)14/h3-4,6,8,11,16H,5H2,1-2H3,(H,17,18)/t11-/m1/s1. The molecular weight excluding hydrogens is 316 g/mol. The summed E-state index contributed by atoms with van der Waals surface area (Å²) in [5.74, 6) is -1.25. The highest BCUT2D eigenvalue weighted by Gasteiger charge is 2.27. The largest absolute Gasteiger partial charge is 0.480 e. The lowest BCUT2D eigenvalue weighted by molar-refractivity contribution is -0.139. The molecule has 0 saturated carbocycles. The Bertz CT molecular complexity index is 680. The third kappa shape index (κ3) is 4.70. The van der Waals surface area contributed by atoms with Crippen LogP contribution < -0.4 is 4.72 Å². The molecule has 0 spiro atoms. The zero-order valence-electron chi connectivity index (χ0n) is 11.5. The number of nitrogens with one attached hydrogen (secondary N) is 1. The number of rotatable bonds is 6. The first-order valence-corrected chi connectivity index (χ1v) is 7.98. The zero-order chi connectivity index (χ0) is 16.2. The van der Waals surface area contributed by atoms with E-state index in [1.807, 2.05) is 6.07 Å². The van der Waals surface area contributed by atoms with Crippen LogP contribution in [0.25, 0.3) is 0 Å². The van der Waals surface area contributed by atoms with Gasteiger partial charge in [0.2, 0.25) is 10.0 Å².